The van der Waals surface area contributed by atoms with Gasteiger partial charge in [-0.1, -0.05) is 30.3 Å². The van der Waals surface area contributed by atoms with Crippen molar-refractivity contribution in [1.29, 1.82) is 0 Å². The van der Waals surface area contributed by atoms with Crippen LogP contribution in [-0.4, -0.2) is 37.2 Å². The summed E-state index contributed by atoms with van der Waals surface area (Å²) < 4.78 is 11.1. The molecule has 2 aromatic rings. The number of hydrogen-bond acceptors (Lipinski definition) is 4. The molecule has 0 radical (unpaired) electrons. The molecular formula is C21H30N4O2. The van der Waals surface area contributed by atoms with Crippen LogP contribution >= 0.6 is 0 Å². The summed E-state index contributed by atoms with van der Waals surface area (Å²) in [6.07, 6.45) is 2.71. The first-order chi connectivity index (χ1) is 13.3. The molecule has 0 aliphatic rings. The van der Waals surface area contributed by atoms with Gasteiger partial charge in [0.2, 0.25) is 5.88 Å². The minimum Gasteiger partial charge on any atom is -0.473 e. The SMILES string of the molecule is CCNC(=NCc1ccnc(OCc2ccccc2)c1)NCCCOCC. The minimum absolute atomic E-state index is 0.505. The molecular weight excluding hydrogens is 340 g/mol. The van der Waals surface area contributed by atoms with Crippen LogP contribution in [0.4, 0.5) is 0 Å². The van der Waals surface area contributed by atoms with E-state index in [1.54, 1.807) is 6.20 Å². The van der Waals surface area contributed by atoms with Gasteiger partial charge in [-0.05, 0) is 37.5 Å². The van der Waals surface area contributed by atoms with E-state index in [0.29, 0.717) is 19.0 Å². The van der Waals surface area contributed by atoms with Crippen LogP contribution in [-0.2, 0) is 17.9 Å². The second kappa shape index (κ2) is 12.7. The van der Waals surface area contributed by atoms with Crippen LogP contribution in [0, 0.1) is 0 Å². The summed E-state index contributed by atoms with van der Waals surface area (Å²) in [5.41, 5.74) is 2.17. The summed E-state index contributed by atoms with van der Waals surface area (Å²) in [4.78, 5) is 8.91. The highest BCUT2D eigenvalue weighted by molar-refractivity contribution is 5.79. The van der Waals surface area contributed by atoms with Crippen molar-refractivity contribution in [3.63, 3.8) is 0 Å². The molecule has 0 amide bonds. The fourth-order valence-electron chi connectivity index (χ4n) is 2.40. The van der Waals surface area contributed by atoms with Crippen molar-refractivity contribution in [3.05, 3.63) is 59.8 Å². The zero-order valence-corrected chi connectivity index (χ0v) is 16.3. The Morgan fingerprint density at radius 3 is 2.70 bits per heavy atom. The normalized spacial score (nSPS) is 11.3. The van der Waals surface area contributed by atoms with Gasteiger partial charge in [-0.25, -0.2) is 9.98 Å². The van der Waals surface area contributed by atoms with Crippen LogP contribution in [0.25, 0.3) is 0 Å². The Kier molecular flexibility index (Phi) is 9.74. The van der Waals surface area contributed by atoms with Gasteiger partial charge in [0.25, 0.3) is 0 Å². The first-order valence-electron chi connectivity index (χ1n) is 9.53. The lowest BCUT2D eigenvalue weighted by atomic mass is 10.2. The molecule has 2 rings (SSSR count). The standard InChI is InChI=1S/C21H30N4O2/c1-3-22-21(24-12-8-14-26-4-2)25-16-19-11-13-23-20(15-19)27-17-18-9-6-5-7-10-18/h5-7,9-11,13,15H,3-4,8,12,14,16-17H2,1-2H3,(H2,22,24,25). The van der Waals surface area contributed by atoms with Crippen molar-refractivity contribution in [3.8, 4) is 5.88 Å². The molecule has 1 aromatic heterocycles. The Morgan fingerprint density at radius 1 is 1.07 bits per heavy atom. The molecule has 0 unspecified atom stereocenters. The highest BCUT2D eigenvalue weighted by Crippen LogP contribution is 2.12. The maximum atomic E-state index is 5.78. The Balaban J connectivity index is 1.85. The topological polar surface area (TPSA) is 67.8 Å². The summed E-state index contributed by atoms with van der Waals surface area (Å²) in [5.74, 6) is 1.42. The van der Waals surface area contributed by atoms with Crippen molar-refractivity contribution < 1.29 is 9.47 Å². The van der Waals surface area contributed by atoms with E-state index in [4.69, 9.17) is 9.47 Å². The van der Waals surface area contributed by atoms with E-state index in [2.05, 4.69) is 27.5 Å². The molecule has 0 saturated carbocycles. The predicted molar refractivity (Wildman–Crippen MR) is 109 cm³/mol. The Morgan fingerprint density at radius 2 is 1.93 bits per heavy atom. The number of benzene rings is 1. The molecule has 6 heteroatoms. The molecule has 0 spiro atoms. The largest absolute Gasteiger partial charge is 0.473 e. The molecule has 0 saturated heterocycles. The number of pyridine rings is 1. The van der Waals surface area contributed by atoms with Crippen LogP contribution in [0.5, 0.6) is 5.88 Å². The number of aromatic nitrogens is 1. The number of nitrogens with one attached hydrogen (secondary N) is 2. The van der Waals surface area contributed by atoms with Gasteiger partial charge in [0, 0.05) is 38.6 Å². The highest BCUT2D eigenvalue weighted by Gasteiger charge is 2.01. The third-order valence-electron chi connectivity index (χ3n) is 3.75. The average Bonchev–Trinajstić information content (AvgIpc) is 2.71. The molecule has 0 aliphatic heterocycles. The molecule has 27 heavy (non-hydrogen) atoms. The number of hydrogen-bond donors (Lipinski definition) is 2. The van der Waals surface area contributed by atoms with Crippen molar-refractivity contribution in [2.75, 3.05) is 26.3 Å². The van der Waals surface area contributed by atoms with Gasteiger partial charge in [0.15, 0.2) is 5.96 Å². The van der Waals surface area contributed by atoms with Gasteiger partial charge >= 0.3 is 0 Å². The summed E-state index contributed by atoms with van der Waals surface area (Å²) in [5, 5.41) is 6.58. The number of rotatable bonds is 11. The van der Waals surface area contributed by atoms with E-state index in [0.717, 1.165) is 49.8 Å². The van der Waals surface area contributed by atoms with E-state index < -0.39 is 0 Å². The second-order valence-corrected chi connectivity index (χ2v) is 5.95. The number of nitrogens with zero attached hydrogens (tertiary/aromatic N) is 2. The quantitative estimate of drug-likeness (QED) is 0.361. The molecule has 1 heterocycles. The van der Waals surface area contributed by atoms with Crippen LogP contribution < -0.4 is 15.4 Å². The van der Waals surface area contributed by atoms with Crippen LogP contribution in [0.1, 0.15) is 31.4 Å². The van der Waals surface area contributed by atoms with Crippen molar-refractivity contribution in [2.45, 2.75) is 33.4 Å². The van der Waals surface area contributed by atoms with Gasteiger partial charge in [-0.3, -0.25) is 0 Å². The van der Waals surface area contributed by atoms with Crippen molar-refractivity contribution in [2.24, 2.45) is 4.99 Å². The first-order valence-corrected chi connectivity index (χ1v) is 9.53. The third-order valence-corrected chi connectivity index (χ3v) is 3.75. The number of guanidine groups is 1. The molecule has 0 bridgehead atoms. The molecule has 0 aliphatic carbocycles. The Bertz CT molecular complexity index is 677. The summed E-state index contributed by atoms with van der Waals surface area (Å²) in [6, 6.07) is 14.0. The Hall–Kier alpha value is -2.60. The van der Waals surface area contributed by atoms with E-state index in [9.17, 15) is 0 Å². The summed E-state index contributed by atoms with van der Waals surface area (Å²) >= 11 is 0. The minimum atomic E-state index is 0.505. The van der Waals surface area contributed by atoms with Crippen LogP contribution in [0.2, 0.25) is 0 Å². The molecule has 0 fully saturated rings. The molecule has 146 valence electrons. The van der Waals surface area contributed by atoms with E-state index in [1.807, 2.05) is 49.4 Å². The third kappa shape index (κ3) is 8.55. The lowest BCUT2D eigenvalue weighted by Crippen LogP contribution is -2.38. The molecule has 6 nitrogen and oxygen atoms in total. The maximum Gasteiger partial charge on any atom is 0.213 e. The van der Waals surface area contributed by atoms with Crippen molar-refractivity contribution >= 4 is 5.96 Å². The van der Waals surface area contributed by atoms with Gasteiger partial charge in [-0.2, -0.15) is 0 Å². The lowest BCUT2D eigenvalue weighted by molar-refractivity contribution is 0.145. The predicted octanol–water partition coefficient (Wildman–Crippen LogP) is 3.14. The second-order valence-electron chi connectivity index (χ2n) is 5.95. The zero-order valence-electron chi connectivity index (χ0n) is 16.3. The summed E-state index contributed by atoms with van der Waals surface area (Å²) in [7, 11) is 0. The molecule has 0 atom stereocenters. The van der Waals surface area contributed by atoms with Crippen molar-refractivity contribution in [1.82, 2.24) is 15.6 Å². The van der Waals surface area contributed by atoms with Gasteiger partial charge in [0.05, 0.1) is 6.54 Å². The average molecular weight is 370 g/mol. The fraction of sp³-hybridized carbons (Fsp3) is 0.429. The maximum absolute atomic E-state index is 5.78. The van der Waals surface area contributed by atoms with E-state index in [-0.39, 0.29) is 0 Å². The van der Waals surface area contributed by atoms with Gasteiger partial charge in [-0.15, -0.1) is 0 Å². The summed E-state index contributed by atoms with van der Waals surface area (Å²) in [6.45, 7) is 8.29. The van der Waals surface area contributed by atoms with Gasteiger partial charge in [0.1, 0.15) is 6.61 Å². The molecule has 2 N–H and O–H groups in total. The fourth-order valence-corrected chi connectivity index (χ4v) is 2.40. The Labute approximate surface area is 162 Å². The zero-order chi connectivity index (χ0) is 19.2. The van der Waals surface area contributed by atoms with E-state index in [1.165, 1.54) is 0 Å². The molecule has 1 aromatic carbocycles. The van der Waals surface area contributed by atoms with E-state index >= 15 is 0 Å². The number of aliphatic imine (C=N–C) groups is 1. The monoisotopic (exact) mass is 370 g/mol. The van der Waals surface area contributed by atoms with Gasteiger partial charge < -0.3 is 20.1 Å². The highest BCUT2D eigenvalue weighted by atomic mass is 16.5. The van der Waals surface area contributed by atoms with Crippen LogP contribution in [0.15, 0.2) is 53.7 Å². The first kappa shape index (κ1) is 20.7. The smallest absolute Gasteiger partial charge is 0.213 e. The number of ether oxygens (including phenoxy) is 2. The van der Waals surface area contributed by atoms with Crippen LogP contribution in [0.3, 0.4) is 0 Å². The lowest BCUT2D eigenvalue weighted by Gasteiger charge is -2.11.